The van der Waals surface area contributed by atoms with Gasteiger partial charge in [-0.05, 0) is 23.5 Å². The van der Waals surface area contributed by atoms with Gasteiger partial charge in [0.25, 0.3) is 0 Å². The minimum Gasteiger partial charge on any atom is -0.336 e. The molecule has 206 valence electrons. The molecule has 0 radical (unpaired) electrons. The number of rotatable bonds is 10. The van der Waals surface area contributed by atoms with Gasteiger partial charge in [0.1, 0.15) is 12.2 Å². The van der Waals surface area contributed by atoms with Crippen molar-refractivity contribution in [3.05, 3.63) is 71.8 Å². The smallest absolute Gasteiger partial charge is 0.334 e. The lowest BCUT2D eigenvalue weighted by Gasteiger charge is -2.55. The summed E-state index contributed by atoms with van der Waals surface area (Å²) in [6.07, 6.45) is 9.16. The lowest BCUT2D eigenvalue weighted by molar-refractivity contribution is -0.190. The van der Waals surface area contributed by atoms with Crippen LogP contribution in [0.3, 0.4) is 0 Å². The van der Waals surface area contributed by atoms with Crippen LogP contribution in [0.2, 0.25) is 0 Å². The van der Waals surface area contributed by atoms with Gasteiger partial charge in [-0.2, -0.15) is 5.01 Å². The molecule has 0 aromatic heterocycles. The second-order valence-electron chi connectivity index (χ2n) is 10.3. The summed E-state index contributed by atoms with van der Waals surface area (Å²) in [4.78, 5) is 44.8. The van der Waals surface area contributed by atoms with Crippen LogP contribution in [0.4, 0.5) is 4.79 Å². The standard InChI is InChI=1S/C31H39N5O3/c1-4-7-14-24(6-3)21-33-22-27-35(29(30(33)38)26-17-12-9-13-18-26)28(37)23-34(19-5-2)36(27)31(39)32-20-25-15-10-8-11-16-25/h2,8-13,15-18,24,27,29H,4,6-7,14,19-23H2,1,3H3,(H,32,39)/t24?,27-,29-/m0/s1. The Morgan fingerprint density at radius 3 is 2.41 bits per heavy atom. The zero-order valence-electron chi connectivity index (χ0n) is 23.0. The number of benzene rings is 2. The van der Waals surface area contributed by atoms with Crippen molar-refractivity contribution in [3.63, 3.8) is 0 Å². The first-order valence-corrected chi connectivity index (χ1v) is 13.9. The van der Waals surface area contributed by atoms with E-state index in [1.165, 1.54) is 0 Å². The number of piperazine rings is 1. The Labute approximate surface area is 231 Å². The van der Waals surface area contributed by atoms with Crippen molar-refractivity contribution in [1.29, 1.82) is 0 Å². The Morgan fingerprint density at radius 1 is 1.08 bits per heavy atom. The van der Waals surface area contributed by atoms with Gasteiger partial charge in [0, 0.05) is 13.1 Å². The maximum Gasteiger partial charge on any atom is 0.334 e. The first-order chi connectivity index (χ1) is 19.0. The zero-order chi connectivity index (χ0) is 27.8. The molecule has 2 aliphatic heterocycles. The van der Waals surface area contributed by atoms with E-state index < -0.39 is 12.2 Å². The molecule has 2 aromatic rings. The maximum atomic E-state index is 14.0. The van der Waals surface area contributed by atoms with Gasteiger partial charge >= 0.3 is 6.03 Å². The number of hydrogen-bond donors (Lipinski definition) is 1. The molecule has 2 aromatic carbocycles. The first kappa shape index (κ1) is 28.2. The number of amides is 4. The van der Waals surface area contributed by atoms with E-state index in [-0.39, 0.29) is 37.5 Å². The normalized spacial score (nSPS) is 20.4. The molecule has 0 bridgehead atoms. The summed E-state index contributed by atoms with van der Waals surface area (Å²) in [5, 5.41) is 6.18. The van der Waals surface area contributed by atoms with E-state index in [1.807, 2.05) is 65.6 Å². The van der Waals surface area contributed by atoms with E-state index in [1.54, 1.807) is 14.9 Å². The fourth-order valence-electron chi connectivity index (χ4n) is 5.53. The number of urea groups is 1. The highest BCUT2D eigenvalue weighted by Crippen LogP contribution is 2.35. The molecule has 4 rings (SSSR count). The quantitative estimate of drug-likeness (QED) is 0.472. The lowest BCUT2D eigenvalue weighted by atomic mass is 9.95. The molecule has 39 heavy (non-hydrogen) atoms. The number of carbonyl (C=O) groups excluding carboxylic acids is 3. The van der Waals surface area contributed by atoms with Crippen LogP contribution < -0.4 is 5.32 Å². The first-order valence-electron chi connectivity index (χ1n) is 13.9. The summed E-state index contributed by atoms with van der Waals surface area (Å²) in [5.74, 6) is 2.62. The van der Waals surface area contributed by atoms with Crippen LogP contribution in [-0.2, 0) is 16.1 Å². The fraction of sp³-hybridized carbons (Fsp3) is 0.452. The summed E-state index contributed by atoms with van der Waals surface area (Å²) in [5.41, 5.74) is 1.70. The number of carbonyl (C=O) groups is 3. The monoisotopic (exact) mass is 529 g/mol. The summed E-state index contributed by atoms with van der Waals surface area (Å²) in [6.45, 7) is 5.50. The van der Waals surface area contributed by atoms with Crippen molar-refractivity contribution in [3.8, 4) is 12.3 Å². The Hall–Kier alpha value is -3.83. The van der Waals surface area contributed by atoms with Gasteiger partial charge in [0.15, 0.2) is 0 Å². The molecule has 0 spiro atoms. The number of hydrazine groups is 1. The van der Waals surface area contributed by atoms with Gasteiger partial charge in [-0.3, -0.25) is 9.59 Å². The van der Waals surface area contributed by atoms with Gasteiger partial charge in [0.2, 0.25) is 11.8 Å². The van der Waals surface area contributed by atoms with Crippen molar-refractivity contribution in [1.82, 2.24) is 25.1 Å². The highest BCUT2D eigenvalue weighted by molar-refractivity contribution is 5.92. The third kappa shape index (κ3) is 6.43. The second kappa shape index (κ2) is 13.3. The Kier molecular flexibility index (Phi) is 9.61. The molecule has 8 heteroatoms. The fourth-order valence-corrected chi connectivity index (χ4v) is 5.53. The summed E-state index contributed by atoms with van der Waals surface area (Å²) >= 11 is 0. The molecule has 4 amide bonds. The predicted octanol–water partition coefficient (Wildman–Crippen LogP) is 4.02. The highest BCUT2D eigenvalue weighted by Gasteiger charge is 2.52. The second-order valence-corrected chi connectivity index (χ2v) is 10.3. The van der Waals surface area contributed by atoms with Gasteiger partial charge in [-0.1, -0.05) is 99.7 Å². The van der Waals surface area contributed by atoms with Crippen LogP contribution in [0.15, 0.2) is 60.7 Å². The SMILES string of the molecule is C#CCN1CC(=O)N2[C@@H](c3ccccc3)C(=O)N(CC(CC)CCCC)C[C@@H]2N1C(=O)NCc1ccccc1. The molecule has 2 aliphatic rings. The van der Waals surface area contributed by atoms with Gasteiger partial charge in [0.05, 0.1) is 19.6 Å². The number of nitrogens with one attached hydrogen (secondary N) is 1. The van der Waals surface area contributed by atoms with Crippen LogP contribution in [0.25, 0.3) is 0 Å². The zero-order valence-corrected chi connectivity index (χ0v) is 23.0. The van der Waals surface area contributed by atoms with Crippen LogP contribution in [-0.4, -0.2) is 70.0 Å². The molecule has 2 heterocycles. The topological polar surface area (TPSA) is 76.2 Å². The number of hydrogen-bond acceptors (Lipinski definition) is 4. The lowest BCUT2D eigenvalue weighted by Crippen LogP contribution is -2.74. The Morgan fingerprint density at radius 2 is 1.77 bits per heavy atom. The molecule has 1 unspecified atom stereocenters. The minimum atomic E-state index is -0.807. The van der Waals surface area contributed by atoms with Crippen LogP contribution in [0.1, 0.15) is 56.7 Å². The average molecular weight is 530 g/mol. The summed E-state index contributed by atoms with van der Waals surface area (Å²) < 4.78 is 0. The Balaban J connectivity index is 1.69. The molecule has 3 atom stereocenters. The van der Waals surface area contributed by atoms with Crippen molar-refractivity contribution in [2.45, 2.75) is 58.3 Å². The van der Waals surface area contributed by atoms with Crippen molar-refractivity contribution < 1.29 is 14.4 Å². The third-order valence-electron chi connectivity index (χ3n) is 7.63. The van der Waals surface area contributed by atoms with E-state index in [4.69, 9.17) is 6.42 Å². The summed E-state index contributed by atoms with van der Waals surface area (Å²) in [6, 6.07) is 17.9. The molecule has 0 saturated carbocycles. The largest absolute Gasteiger partial charge is 0.336 e. The molecule has 1 N–H and O–H groups in total. The number of terminal acetylenes is 1. The highest BCUT2D eigenvalue weighted by atomic mass is 16.2. The molecule has 8 nitrogen and oxygen atoms in total. The van der Waals surface area contributed by atoms with Gasteiger partial charge in [-0.15, -0.1) is 6.42 Å². The number of fused-ring (bicyclic) bond motifs is 1. The van der Waals surface area contributed by atoms with Crippen LogP contribution in [0, 0.1) is 18.3 Å². The van der Waals surface area contributed by atoms with E-state index >= 15 is 0 Å². The van der Waals surface area contributed by atoms with Crippen molar-refractivity contribution in [2.75, 3.05) is 26.2 Å². The van der Waals surface area contributed by atoms with E-state index in [9.17, 15) is 14.4 Å². The molecule has 2 fully saturated rings. The van der Waals surface area contributed by atoms with Gasteiger partial charge < -0.3 is 15.1 Å². The predicted molar refractivity (Wildman–Crippen MR) is 151 cm³/mol. The van der Waals surface area contributed by atoms with E-state index in [0.29, 0.717) is 19.0 Å². The molecule has 0 aliphatic carbocycles. The van der Waals surface area contributed by atoms with Crippen molar-refractivity contribution in [2.24, 2.45) is 5.92 Å². The van der Waals surface area contributed by atoms with E-state index in [0.717, 1.165) is 36.8 Å². The minimum absolute atomic E-state index is 0.0792. The van der Waals surface area contributed by atoms with Crippen LogP contribution in [0.5, 0.6) is 0 Å². The van der Waals surface area contributed by atoms with Crippen LogP contribution >= 0.6 is 0 Å². The molecule has 2 saturated heterocycles. The maximum absolute atomic E-state index is 14.0. The van der Waals surface area contributed by atoms with Crippen molar-refractivity contribution >= 4 is 17.8 Å². The molecular weight excluding hydrogens is 490 g/mol. The average Bonchev–Trinajstić information content (AvgIpc) is 2.96. The van der Waals surface area contributed by atoms with E-state index in [2.05, 4.69) is 25.1 Å². The molecular formula is C31H39N5O3. The number of nitrogens with zero attached hydrogens (tertiary/aromatic N) is 4. The van der Waals surface area contributed by atoms with Gasteiger partial charge in [-0.25, -0.2) is 9.80 Å². The Bertz CT molecular complexity index is 1170. The summed E-state index contributed by atoms with van der Waals surface area (Å²) in [7, 11) is 0. The number of unbranched alkanes of at least 4 members (excludes halogenated alkanes) is 1. The third-order valence-corrected chi connectivity index (χ3v) is 7.63.